The third kappa shape index (κ3) is 2.85. The van der Waals surface area contributed by atoms with Crippen LogP contribution in [0.15, 0.2) is 12.1 Å². The topological polar surface area (TPSA) is 27.2 Å². The second kappa shape index (κ2) is 5.68. The minimum absolute atomic E-state index is 0.124. The fourth-order valence-corrected chi connectivity index (χ4v) is 3.28. The van der Waals surface area contributed by atoms with E-state index in [9.17, 15) is 4.39 Å². The first-order chi connectivity index (χ1) is 9.95. The number of rotatable bonds is 2. The van der Waals surface area contributed by atoms with Crippen LogP contribution < -0.4 is 0 Å². The molecule has 0 aliphatic carbocycles. The Kier molecular flexibility index (Phi) is 4.05. The molecule has 3 rings (SSSR count). The van der Waals surface area contributed by atoms with E-state index in [0.717, 1.165) is 31.7 Å². The maximum atomic E-state index is 13.6. The summed E-state index contributed by atoms with van der Waals surface area (Å²) in [5, 5.41) is 0.124. The van der Waals surface area contributed by atoms with Gasteiger partial charge in [-0.05, 0) is 32.4 Å². The molecule has 1 unspecified atom stereocenters. The molecule has 1 saturated heterocycles. The lowest BCUT2D eigenvalue weighted by molar-refractivity contribution is 0.103. The number of halogens is 2. The predicted octanol–water partition coefficient (Wildman–Crippen LogP) is 2.74. The number of imidazole rings is 1. The summed E-state index contributed by atoms with van der Waals surface area (Å²) in [4.78, 5) is 7.71. The molecule has 1 aliphatic rings. The number of aromatic nitrogens is 2. The van der Waals surface area contributed by atoms with E-state index < -0.39 is 5.82 Å². The lowest BCUT2D eigenvalue weighted by Gasteiger charge is -2.37. The van der Waals surface area contributed by atoms with Crippen molar-refractivity contribution in [2.75, 3.05) is 33.7 Å². The molecule has 1 fully saturated rings. The quantitative estimate of drug-likeness (QED) is 0.859. The van der Waals surface area contributed by atoms with Gasteiger partial charge in [-0.1, -0.05) is 11.6 Å². The Bertz CT molecular complexity index is 726. The highest BCUT2D eigenvalue weighted by Gasteiger charge is 2.23. The van der Waals surface area contributed by atoms with Crippen LogP contribution in [0.4, 0.5) is 4.39 Å². The fourth-order valence-electron chi connectivity index (χ4n) is 2.84. The van der Waals surface area contributed by atoms with E-state index in [1.807, 2.05) is 4.57 Å². The van der Waals surface area contributed by atoms with E-state index in [1.54, 1.807) is 6.07 Å². The molecule has 1 atom stereocenters. The van der Waals surface area contributed by atoms with Crippen molar-refractivity contribution in [3.63, 3.8) is 0 Å². The Balaban J connectivity index is 1.98. The average Bonchev–Trinajstić information content (AvgIpc) is 2.71. The van der Waals surface area contributed by atoms with Crippen LogP contribution in [0.2, 0.25) is 5.02 Å². The number of likely N-dealkylation sites (N-methyl/N-ethyl adjacent to an activating group) is 2. The molecule has 1 aromatic carbocycles. The van der Waals surface area contributed by atoms with Crippen molar-refractivity contribution in [2.24, 2.45) is 0 Å². The van der Waals surface area contributed by atoms with E-state index in [1.165, 1.54) is 6.07 Å². The average molecular weight is 329 g/mol. The summed E-state index contributed by atoms with van der Waals surface area (Å²) in [7, 11) is 4.25. The zero-order valence-electron chi connectivity index (χ0n) is 12.1. The minimum Gasteiger partial charge on any atom is -0.330 e. The number of fused-ring (bicyclic) bond motifs is 1. The van der Waals surface area contributed by atoms with Crippen molar-refractivity contribution >= 4 is 34.9 Å². The van der Waals surface area contributed by atoms with Crippen LogP contribution in [0.5, 0.6) is 0 Å². The second-order valence-corrected chi connectivity index (χ2v) is 6.51. The third-order valence-electron chi connectivity index (χ3n) is 4.19. The number of hydrogen-bond donors (Lipinski definition) is 1. The highest BCUT2D eigenvalue weighted by molar-refractivity contribution is 7.71. The van der Waals surface area contributed by atoms with Crippen molar-refractivity contribution in [3.8, 4) is 0 Å². The predicted molar refractivity (Wildman–Crippen MR) is 86.0 cm³/mol. The first kappa shape index (κ1) is 15.0. The van der Waals surface area contributed by atoms with Gasteiger partial charge in [0.1, 0.15) is 5.82 Å². The molecule has 1 N–H and O–H groups in total. The first-order valence-corrected chi connectivity index (χ1v) is 7.70. The van der Waals surface area contributed by atoms with E-state index in [0.29, 0.717) is 16.3 Å². The summed E-state index contributed by atoms with van der Waals surface area (Å²) in [6, 6.07) is 3.42. The van der Waals surface area contributed by atoms with Gasteiger partial charge < -0.3 is 14.5 Å². The zero-order chi connectivity index (χ0) is 15.1. The number of benzene rings is 1. The molecule has 114 valence electrons. The molecule has 0 spiro atoms. The van der Waals surface area contributed by atoms with Crippen molar-refractivity contribution in [1.82, 2.24) is 19.4 Å². The number of nitrogens with one attached hydrogen (secondary N) is 1. The maximum Gasteiger partial charge on any atom is 0.178 e. The van der Waals surface area contributed by atoms with E-state index in [-0.39, 0.29) is 5.02 Å². The molecule has 7 heteroatoms. The molecule has 1 aliphatic heterocycles. The number of aromatic amines is 1. The second-order valence-electron chi connectivity index (χ2n) is 5.72. The molecular formula is C14H18ClFN4S. The van der Waals surface area contributed by atoms with Crippen molar-refractivity contribution in [2.45, 2.75) is 12.6 Å². The van der Waals surface area contributed by atoms with E-state index in [2.05, 4.69) is 28.9 Å². The van der Waals surface area contributed by atoms with Crippen LogP contribution in [-0.2, 0) is 6.54 Å². The summed E-state index contributed by atoms with van der Waals surface area (Å²) in [5.41, 5.74) is 1.54. The van der Waals surface area contributed by atoms with Crippen LogP contribution in [0.1, 0.15) is 0 Å². The van der Waals surface area contributed by atoms with Crippen LogP contribution in [-0.4, -0.2) is 59.1 Å². The van der Waals surface area contributed by atoms with Gasteiger partial charge in [-0.25, -0.2) is 4.39 Å². The zero-order valence-corrected chi connectivity index (χ0v) is 13.6. The molecule has 0 bridgehead atoms. The SMILES string of the molecule is CN1CCN(C)C(Cn2c(=S)[nH]c3cc(F)c(Cl)cc32)C1. The Morgan fingerprint density at radius 3 is 2.90 bits per heavy atom. The number of piperazine rings is 1. The molecular weight excluding hydrogens is 311 g/mol. The molecule has 0 amide bonds. The Labute approximate surface area is 133 Å². The van der Waals surface area contributed by atoms with Crippen molar-refractivity contribution in [1.29, 1.82) is 0 Å². The summed E-state index contributed by atoms with van der Waals surface area (Å²) in [6.45, 7) is 3.86. The van der Waals surface area contributed by atoms with Crippen LogP contribution in [0.3, 0.4) is 0 Å². The van der Waals surface area contributed by atoms with E-state index >= 15 is 0 Å². The molecule has 2 heterocycles. The first-order valence-electron chi connectivity index (χ1n) is 6.92. The third-order valence-corrected chi connectivity index (χ3v) is 4.80. The molecule has 21 heavy (non-hydrogen) atoms. The fraction of sp³-hybridized carbons (Fsp3) is 0.500. The lowest BCUT2D eigenvalue weighted by Crippen LogP contribution is -2.51. The molecule has 0 radical (unpaired) electrons. The van der Waals surface area contributed by atoms with Crippen molar-refractivity contribution < 1.29 is 4.39 Å². The number of nitrogens with zero attached hydrogens (tertiary/aromatic N) is 3. The van der Waals surface area contributed by atoms with Crippen LogP contribution in [0.25, 0.3) is 11.0 Å². The maximum absolute atomic E-state index is 13.6. The Hall–Kier alpha value is -0.950. The molecule has 1 aromatic heterocycles. The number of hydrogen-bond acceptors (Lipinski definition) is 3. The van der Waals surface area contributed by atoms with Gasteiger partial charge in [0, 0.05) is 38.3 Å². The monoisotopic (exact) mass is 328 g/mol. The standard InChI is InChI=1S/C14H18ClFN4S/c1-18-3-4-19(2)9(7-18)8-20-13-5-10(15)11(16)6-12(13)17-14(20)21/h5-6,9H,3-4,7-8H2,1-2H3,(H,17,21). The molecule has 2 aromatic rings. The van der Waals surface area contributed by atoms with Gasteiger partial charge in [-0.15, -0.1) is 0 Å². The van der Waals surface area contributed by atoms with Crippen LogP contribution in [0, 0.1) is 10.6 Å². The smallest absolute Gasteiger partial charge is 0.178 e. The Morgan fingerprint density at radius 2 is 2.14 bits per heavy atom. The molecule has 4 nitrogen and oxygen atoms in total. The van der Waals surface area contributed by atoms with Gasteiger partial charge in [-0.2, -0.15) is 0 Å². The summed E-state index contributed by atoms with van der Waals surface area (Å²) >= 11 is 11.3. The number of H-pyrrole nitrogens is 1. The van der Waals surface area contributed by atoms with Gasteiger partial charge >= 0.3 is 0 Å². The summed E-state index contributed by atoms with van der Waals surface area (Å²) < 4.78 is 16.2. The normalized spacial score (nSPS) is 21.2. The largest absolute Gasteiger partial charge is 0.330 e. The highest BCUT2D eigenvalue weighted by Crippen LogP contribution is 2.23. The van der Waals surface area contributed by atoms with Gasteiger partial charge in [0.05, 0.1) is 16.1 Å². The summed E-state index contributed by atoms with van der Waals surface area (Å²) in [6.07, 6.45) is 0. The Morgan fingerprint density at radius 1 is 1.38 bits per heavy atom. The van der Waals surface area contributed by atoms with Gasteiger partial charge in [0.2, 0.25) is 0 Å². The summed E-state index contributed by atoms with van der Waals surface area (Å²) in [5.74, 6) is -0.429. The van der Waals surface area contributed by atoms with Gasteiger partial charge in [0.25, 0.3) is 0 Å². The minimum atomic E-state index is -0.429. The van der Waals surface area contributed by atoms with Crippen LogP contribution >= 0.6 is 23.8 Å². The van der Waals surface area contributed by atoms with E-state index in [4.69, 9.17) is 23.8 Å². The van der Waals surface area contributed by atoms with Gasteiger partial charge in [0.15, 0.2) is 4.77 Å². The van der Waals surface area contributed by atoms with Crippen molar-refractivity contribution in [3.05, 3.63) is 27.7 Å². The molecule has 0 saturated carbocycles. The lowest BCUT2D eigenvalue weighted by atomic mass is 10.2. The highest BCUT2D eigenvalue weighted by atomic mass is 35.5. The van der Waals surface area contributed by atoms with Gasteiger partial charge in [-0.3, -0.25) is 4.90 Å².